The Labute approximate surface area is 159 Å². The van der Waals surface area contributed by atoms with E-state index in [9.17, 15) is 4.79 Å². The van der Waals surface area contributed by atoms with Crippen molar-refractivity contribution in [2.45, 2.75) is 33.2 Å². The molecule has 0 unspecified atom stereocenters. The number of nitrogens with two attached hydrogens (primary N) is 1. The third kappa shape index (κ3) is 2.89. The van der Waals surface area contributed by atoms with E-state index in [0.29, 0.717) is 5.56 Å². The Morgan fingerprint density at radius 1 is 1.00 bits per heavy atom. The van der Waals surface area contributed by atoms with Gasteiger partial charge in [-0.15, -0.1) is 0 Å². The Bertz CT molecular complexity index is 1150. The molecule has 2 N–H and O–H groups in total. The van der Waals surface area contributed by atoms with Crippen LogP contribution in [0.25, 0.3) is 21.8 Å². The molecule has 4 rings (SSSR count). The number of amides is 1. The minimum absolute atomic E-state index is 0.401. The number of rotatable bonds is 5. The molecule has 0 aliphatic heterocycles. The van der Waals surface area contributed by atoms with Gasteiger partial charge in [0.15, 0.2) is 0 Å². The largest absolute Gasteiger partial charge is 0.366 e. The summed E-state index contributed by atoms with van der Waals surface area (Å²) in [5.41, 5.74) is 12.2. The van der Waals surface area contributed by atoms with Crippen molar-refractivity contribution < 1.29 is 4.79 Å². The van der Waals surface area contributed by atoms with Crippen LogP contribution in [0.5, 0.6) is 0 Å². The Kier molecular flexibility index (Phi) is 4.44. The summed E-state index contributed by atoms with van der Waals surface area (Å²) in [5.74, 6) is -0.401. The van der Waals surface area contributed by atoms with E-state index in [1.165, 1.54) is 16.7 Å². The maximum Gasteiger partial charge on any atom is 0.249 e. The molecule has 1 radical (unpaired) electrons. The standard InChI is InChI=1S/C24H23N2O/c1-3-16-12-13-19-22(14-16)26(15-18-9-6-5-8-17(18)4-2)21-11-7-10-20(23(19)21)24(25)27/h5-12,14H,3-4,15H2,1-2H3,(H2,25,27). The molecule has 4 aromatic rings. The van der Waals surface area contributed by atoms with Gasteiger partial charge in [0, 0.05) is 22.9 Å². The van der Waals surface area contributed by atoms with Gasteiger partial charge >= 0.3 is 0 Å². The molecular weight excluding hydrogens is 332 g/mol. The zero-order chi connectivity index (χ0) is 19.0. The summed E-state index contributed by atoms with van der Waals surface area (Å²) in [6.45, 7) is 5.08. The first-order chi connectivity index (χ1) is 13.1. The Morgan fingerprint density at radius 2 is 1.78 bits per heavy atom. The highest BCUT2D eigenvalue weighted by Crippen LogP contribution is 2.33. The molecular formula is C24H23N2O. The summed E-state index contributed by atoms with van der Waals surface area (Å²) in [4.78, 5) is 12.0. The fraction of sp³-hybridized carbons (Fsp3) is 0.208. The fourth-order valence-corrected chi connectivity index (χ4v) is 3.91. The molecule has 1 aromatic heterocycles. The molecule has 1 amide bonds. The van der Waals surface area contributed by atoms with Gasteiger partial charge in [0.2, 0.25) is 5.91 Å². The van der Waals surface area contributed by atoms with Crippen molar-refractivity contribution in [1.29, 1.82) is 0 Å². The summed E-state index contributed by atoms with van der Waals surface area (Å²) in [6, 6.07) is 22.0. The molecule has 3 aromatic carbocycles. The molecule has 0 spiro atoms. The molecule has 0 saturated heterocycles. The molecule has 135 valence electrons. The molecule has 0 aliphatic rings. The lowest BCUT2D eigenvalue weighted by Gasteiger charge is -2.12. The normalized spacial score (nSPS) is 11.3. The number of aromatic nitrogens is 1. The van der Waals surface area contributed by atoms with E-state index >= 15 is 0 Å². The van der Waals surface area contributed by atoms with Crippen molar-refractivity contribution >= 4 is 27.7 Å². The van der Waals surface area contributed by atoms with Gasteiger partial charge in [-0.05, 0) is 53.8 Å². The van der Waals surface area contributed by atoms with Crippen LogP contribution in [0.15, 0.2) is 54.6 Å². The van der Waals surface area contributed by atoms with Crippen molar-refractivity contribution in [3.8, 4) is 0 Å². The van der Waals surface area contributed by atoms with Crippen LogP contribution in [-0.2, 0) is 19.4 Å². The van der Waals surface area contributed by atoms with Crippen molar-refractivity contribution in [1.82, 2.24) is 4.57 Å². The average molecular weight is 355 g/mol. The molecule has 0 bridgehead atoms. The smallest absolute Gasteiger partial charge is 0.249 e. The van der Waals surface area contributed by atoms with Crippen molar-refractivity contribution in [3.63, 3.8) is 0 Å². The minimum Gasteiger partial charge on any atom is -0.366 e. The minimum atomic E-state index is -0.401. The lowest BCUT2D eigenvalue weighted by atomic mass is 10.0. The van der Waals surface area contributed by atoms with E-state index in [1.54, 1.807) is 6.07 Å². The van der Waals surface area contributed by atoms with E-state index in [0.717, 1.165) is 41.2 Å². The maximum atomic E-state index is 12.0. The second kappa shape index (κ2) is 6.92. The number of nitrogens with zero attached hydrogens (tertiary/aromatic N) is 1. The van der Waals surface area contributed by atoms with Crippen LogP contribution in [0.3, 0.4) is 0 Å². The number of hydrogen-bond donors (Lipinski definition) is 1. The second-order valence-corrected chi connectivity index (χ2v) is 6.89. The van der Waals surface area contributed by atoms with Crippen LogP contribution >= 0.6 is 0 Å². The van der Waals surface area contributed by atoms with Gasteiger partial charge in [-0.3, -0.25) is 4.79 Å². The van der Waals surface area contributed by atoms with Crippen LogP contribution < -0.4 is 5.73 Å². The highest BCUT2D eigenvalue weighted by Gasteiger charge is 2.17. The predicted octanol–water partition coefficient (Wildman–Crippen LogP) is 4.87. The zero-order valence-electron chi connectivity index (χ0n) is 15.8. The molecule has 3 nitrogen and oxygen atoms in total. The van der Waals surface area contributed by atoms with Gasteiger partial charge in [0.05, 0.1) is 11.0 Å². The van der Waals surface area contributed by atoms with Gasteiger partial charge in [-0.1, -0.05) is 50.2 Å². The van der Waals surface area contributed by atoms with Crippen LogP contribution in [0.2, 0.25) is 0 Å². The summed E-state index contributed by atoms with van der Waals surface area (Å²) in [6.07, 6.45) is 1.94. The first kappa shape index (κ1) is 17.3. The molecule has 1 heterocycles. The van der Waals surface area contributed by atoms with Crippen molar-refractivity contribution in [2.24, 2.45) is 5.73 Å². The first-order valence-corrected chi connectivity index (χ1v) is 9.46. The number of carbonyl (C=O) groups excluding carboxylic acids is 1. The number of aryl methyl sites for hydroxylation is 2. The third-order valence-corrected chi connectivity index (χ3v) is 5.36. The molecule has 0 atom stereocenters. The summed E-state index contributed by atoms with van der Waals surface area (Å²) in [5, 5.41) is 1.86. The Hall–Kier alpha value is -3.07. The summed E-state index contributed by atoms with van der Waals surface area (Å²) in [7, 11) is 0. The maximum absolute atomic E-state index is 12.0. The third-order valence-electron chi connectivity index (χ3n) is 5.36. The Balaban J connectivity index is 2.05. The number of hydrogen-bond acceptors (Lipinski definition) is 1. The predicted molar refractivity (Wildman–Crippen MR) is 111 cm³/mol. The van der Waals surface area contributed by atoms with Crippen LogP contribution in [0, 0.1) is 6.07 Å². The van der Waals surface area contributed by atoms with Crippen LogP contribution in [0.1, 0.15) is 40.9 Å². The molecule has 0 aliphatic carbocycles. The van der Waals surface area contributed by atoms with E-state index in [2.05, 4.69) is 60.9 Å². The van der Waals surface area contributed by atoms with E-state index < -0.39 is 5.91 Å². The van der Waals surface area contributed by atoms with Gasteiger partial charge in [-0.25, -0.2) is 0 Å². The number of fused-ring (bicyclic) bond motifs is 3. The number of carbonyl (C=O) groups is 1. The Morgan fingerprint density at radius 3 is 2.48 bits per heavy atom. The van der Waals surface area contributed by atoms with Gasteiger partial charge < -0.3 is 10.3 Å². The highest BCUT2D eigenvalue weighted by atomic mass is 16.1. The van der Waals surface area contributed by atoms with E-state index in [1.807, 2.05) is 12.1 Å². The number of primary amides is 1. The average Bonchev–Trinajstić information content (AvgIpc) is 3.01. The second-order valence-electron chi connectivity index (χ2n) is 6.89. The van der Waals surface area contributed by atoms with Crippen LogP contribution in [-0.4, -0.2) is 10.5 Å². The fourth-order valence-electron chi connectivity index (χ4n) is 3.91. The molecule has 3 heteroatoms. The first-order valence-electron chi connectivity index (χ1n) is 9.46. The number of benzene rings is 3. The summed E-state index contributed by atoms with van der Waals surface area (Å²) >= 11 is 0. The highest BCUT2D eigenvalue weighted by molar-refractivity contribution is 6.17. The van der Waals surface area contributed by atoms with Crippen LogP contribution in [0.4, 0.5) is 0 Å². The van der Waals surface area contributed by atoms with E-state index in [4.69, 9.17) is 5.73 Å². The van der Waals surface area contributed by atoms with Crippen molar-refractivity contribution in [2.75, 3.05) is 0 Å². The van der Waals surface area contributed by atoms with Gasteiger partial charge in [0.25, 0.3) is 0 Å². The zero-order valence-corrected chi connectivity index (χ0v) is 15.8. The topological polar surface area (TPSA) is 48.0 Å². The quantitative estimate of drug-likeness (QED) is 0.546. The van der Waals surface area contributed by atoms with Gasteiger partial charge in [-0.2, -0.15) is 0 Å². The lowest BCUT2D eigenvalue weighted by molar-refractivity contribution is 0.100. The SMILES string of the molecule is CCc1c[c]c2c3c(C(N)=O)cccc3n(Cc3ccccc3CC)c2c1. The van der Waals surface area contributed by atoms with E-state index in [-0.39, 0.29) is 0 Å². The molecule has 27 heavy (non-hydrogen) atoms. The lowest BCUT2D eigenvalue weighted by Crippen LogP contribution is -2.11. The molecule has 0 saturated carbocycles. The monoisotopic (exact) mass is 355 g/mol. The van der Waals surface area contributed by atoms with Crippen molar-refractivity contribution in [3.05, 3.63) is 82.9 Å². The summed E-state index contributed by atoms with van der Waals surface area (Å²) < 4.78 is 2.29. The molecule has 0 fully saturated rings. The van der Waals surface area contributed by atoms with Gasteiger partial charge in [0.1, 0.15) is 0 Å².